The van der Waals surface area contributed by atoms with Crippen molar-refractivity contribution in [2.24, 2.45) is 5.92 Å². The molecule has 3 rings (SSSR count). The first-order valence-electron chi connectivity index (χ1n) is 8.32. The van der Waals surface area contributed by atoms with Crippen molar-refractivity contribution in [3.8, 4) is 0 Å². The number of carbonyl (C=O) groups excluding carboxylic acids is 1. The normalized spacial score (nSPS) is 21.1. The fourth-order valence-corrected chi connectivity index (χ4v) is 3.45. The van der Waals surface area contributed by atoms with Gasteiger partial charge in [0.25, 0.3) is 0 Å². The Kier molecular flexibility index (Phi) is 4.57. The molecule has 2 atom stereocenters. The lowest BCUT2D eigenvalue weighted by Crippen LogP contribution is -2.46. The van der Waals surface area contributed by atoms with Crippen LogP contribution in [0.1, 0.15) is 24.5 Å². The number of aromatic amines is 1. The highest BCUT2D eigenvalue weighted by Gasteiger charge is 2.33. The van der Waals surface area contributed by atoms with Crippen LogP contribution in [0.5, 0.6) is 0 Å². The van der Waals surface area contributed by atoms with E-state index in [-0.39, 0.29) is 18.7 Å². The number of aromatic nitrogens is 1. The molecule has 2 aromatic rings. The highest BCUT2D eigenvalue weighted by Crippen LogP contribution is 2.23. The molecule has 2 heterocycles. The lowest BCUT2D eigenvalue weighted by molar-refractivity contribution is 0.144. The largest absolute Gasteiger partial charge is 0.394 e. The third kappa shape index (κ3) is 3.20. The van der Waals surface area contributed by atoms with Crippen molar-refractivity contribution in [2.75, 3.05) is 19.7 Å². The molecule has 1 aliphatic rings. The minimum Gasteiger partial charge on any atom is -0.394 e. The second-order valence-corrected chi connectivity index (χ2v) is 6.55. The number of carbonyl (C=O) groups is 1. The maximum atomic E-state index is 12.3. The van der Waals surface area contributed by atoms with E-state index in [1.54, 1.807) is 4.90 Å². The van der Waals surface area contributed by atoms with E-state index in [4.69, 9.17) is 0 Å². The molecule has 0 spiro atoms. The maximum Gasteiger partial charge on any atom is 0.317 e. The summed E-state index contributed by atoms with van der Waals surface area (Å²) < 4.78 is 0. The molecular weight excluding hydrogens is 290 g/mol. The molecular formula is C18H25N3O2. The zero-order valence-corrected chi connectivity index (χ0v) is 13.8. The summed E-state index contributed by atoms with van der Waals surface area (Å²) in [5.74, 6) is 0.364. The number of hydrogen-bond donors (Lipinski definition) is 3. The zero-order valence-electron chi connectivity index (χ0n) is 13.8. The van der Waals surface area contributed by atoms with Gasteiger partial charge in [0.2, 0.25) is 0 Å². The maximum absolute atomic E-state index is 12.3. The molecule has 0 aliphatic carbocycles. The predicted octanol–water partition coefficient (Wildman–Crippen LogP) is 2.43. The minimum atomic E-state index is -0.0657. The molecule has 1 aromatic heterocycles. The topological polar surface area (TPSA) is 68.4 Å². The van der Waals surface area contributed by atoms with Gasteiger partial charge in [0.1, 0.15) is 0 Å². The Balaban J connectivity index is 1.57. The second-order valence-electron chi connectivity index (χ2n) is 6.55. The molecule has 2 amide bonds. The van der Waals surface area contributed by atoms with Gasteiger partial charge in [0, 0.05) is 30.2 Å². The molecule has 1 aliphatic heterocycles. The number of nitrogens with zero attached hydrogens (tertiary/aromatic N) is 1. The van der Waals surface area contributed by atoms with Gasteiger partial charge in [-0.15, -0.1) is 0 Å². The second kappa shape index (κ2) is 6.62. The molecule has 0 radical (unpaired) electrons. The van der Waals surface area contributed by atoms with Crippen molar-refractivity contribution >= 4 is 16.9 Å². The van der Waals surface area contributed by atoms with E-state index >= 15 is 0 Å². The molecule has 23 heavy (non-hydrogen) atoms. The average molecular weight is 315 g/mol. The highest BCUT2D eigenvalue weighted by atomic mass is 16.3. The van der Waals surface area contributed by atoms with E-state index in [0.717, 1.165) is 24.9 Å². The first kappa shape index (κ1) is 15.9. The third-order valence-corrected chi connectivity index (χ3v) is 4.92. The summed E-state index contributed by atoms with van der Waals surface area (Å²) in [6.07, 6.45) is 3.77. The number of aliphatic hydroxyl groups excluding tert-OH is 1. The van der Waals surface area contributed by atoms with Crippen molar-refractivity contribution in [1.29, 1.82) is 0 Å². The number of fused-ring (bicyclic) bond motifs is 1. The number of H-pyrrole nitrogens is 1. The number of urea groups is 1. The quantitative estimate of drug-likeness (QED) is 0.811. The molecule has 5 heteroatoms. The Morgan fingerprint density at radius 2 is 2.30 bits per heavy atom. The van der Waals surface area contributed by atoms with Crippen LogP contribution in [0.15, 0.2) is 24.4 Å². The van der Waals surface area contributed by atoms with Crippen molar-refractivity contribution in [2.45, 2.75) is 32.7 Å². The average Bonchev–Trinajstić information content (AvgIpc) is 3.10. The number of rotatable bonds is 4. The van der Waals surface area contributed by atoms with Gasteiger partial charge in [-0.05, 0) is 42.9 Å². The predicted molar refractivity (Wildman–Crippen MR) is 91.5 cm³/mol. The van der Waals surface area contributed by atoms with Gasteiger partial charge in [-0.3, -0.25) is 0 Å². The minimum absolute atomic E-state index is 0.0381. The van der Waals surface area contributed by atoms with Crippen molar-refractivity contribution in [1.82, 2.24) is 15.2 Å². The molecule has 0 saturated carbocycles. The first-order valence-corrected chi connectivity index (χ1v) is 8.32. The fourth-order valence-electron chi connectivity index (χ4n) is 3.45. The Bertz CT molecular complexity index is 695. The third-order valence-electron chi connectivity index (χ3n) is 4.92. The standard InChI is InChI=1S/C18H25N3O2/c1-12-3-4-15-14(10-20-16(15)9-12)5-7-19-18(23)21-8-6-13(2)17(21)11-22/h3-4,9-10,13,17,20,22H,5-8,11H2,1-2H3,(H,19,23)/t13-,17-/m0/s1. The van der Waals surface area contributed by atoms with E-state index in [1.165, 1.54) is 16.5 Å². The summed E-state index contributed by atoms with van der Waals surface area (Å²) in [6, 6.07) is 6.25. The van der Waals surface area contributed by atoms with Gasteiger partial charge in [-0.1, -0.05) is 19.1 Å². The van der Waals surface area contributed by atoms with Gasteiger partial charge in [0.05, 0.1) is 12.6 Å². The number of hydrogen-bond acceptors (Lipinski definition) is 2. The summed E-state index contributed by atoms with van der Waals surface area (Å²) in [4.78, 5) is 17.3. The van der Waals surface area contributed by atoms with Gasteiger partial charge in [-0.2, -0.15) is 0 Å². The van der Waals surface area contributed by atoms with E-state index in [2.05, 4.69) is 42.3 Å². The Hall–Kier alpha value is -2.01. The van der Waals surface area contributed by atoms with Crippen LogP contribution in [0.3, 0.4) is 0 Å². The Morgan fingerprint density at radius 3 is 3.09 bits per heavy atom. The molecule has 1 fully saturated rings. The number of likely N-dealkylation sites (tertiary alicyclic amines) is 1. The lowest BCUT2D eigenvalue weighted by Gasteiger charge is -2.25. The van der Waals surface area contributed by atoms with Crippen LogP contribution in [-0.4, -0.2) is 46.8 Å². The summed E-state index contributed by atoms with van der Waals surface area (Å²) in [6.45, 7) is 5.53. The lowest BCUT2D eigenvalue weighted by atomic mass is 10.0. The molecule has 124 valence electrons. The van der Waals surface area contributed by atoms with Crippen LogP contribution in [0, 0.1) is 12.8 Å². The summed E-state index contributed by atoms with van der Waals surface area (Å²) in [5.41, 5.74) is 3.59. The van der Waals surface area contributed by atoms with E-state index in [0.29, 0.717) is 12.5 Å². The van der Waals surface area contributed by atoms with Gasteiger partial charge < -0.3 is 20.3 Å². The van der Waals surface area contributed by atoms with Crippen molar-refractivity contribution in [3.63, 3.8) is 0 Å². The van der Waals surface area contributed by atoms with E-state index < -0.39 is 0 Å². The number of benzene rings is 1. The zero-order chi connectivity index (χ0) is 16.4. The summed E-state index contributed by atoms with van der Waals surface area (Å²) >= 11 is 0. The van der Waals surface area contributed by atoms with Crippen LogP contribution in [0.25, 0.3) is 10.9 Å². The SMILES string of the molecule is Cc1ccc2c(CCNC(=O)N3CC[C@H](C)[C@@H]3CO)c[nH]c2c1. The van der Waals surface area contributed by atoms with E-state index in [9.17, 15) is 9.90 Å². The Morgan fingerprint density at radius 1 is 1.48 bits per heavy atom. The summed E-state index contributed by atoms with van der Waals surface area (Å²) in [5, 5.41) is 13.6. The van der Waals surface area contributed by atoms with Crippen LogP contribution >= 0.6 is 0 Å². The molecule has 1 saturated heterocycles. The van der Waals surface area contributed by atoms with E-state index in [1.807, 2.05) is 6.20 Å². The summed E-state index contributed by atoms with van der Waals surface area (Å²) in [7, 11) is 0. The van der Waals surface area contributed by atoms with Gasteiger partial charge >= 0.3 is 6.03 Å². The fraction of sp³-hybridized carbons (Fsp3) is 0.500. The molecule has 1 aromatic carbocycles. The monoisotopic (exact) mass is 315 g/mol. The van der Waals surface area contributed by atoms with Crippen LogP contribution in [0.2, 0.25) is 0 Å². The molecule has 5 nitrogen and oxygen atoms in total. The number of amides is 2. The molecule has 3 N–H and O–H groups in total. The molecule has 0 bridgehead atoms. The van der Waals surface area contributed by atoms with Gasteiger partial charge in [-0.25, -0.2) is 4.79 Å². The number of aliphatic hydroxyl groups is 1. The molecule has 0 unspecified atom stereocenters. The Labute approximate surface area is 136 Å². The van der Waals surface area contributed by atoms with Gasteiger partial charge in [0.15, 0.2) is 0 Å². The van der Waals surface area contributed by atoms with Crippen LogP contribution < -0.4 is 5.32 Å². The van der Waals surface area contributed by atoms with Crippen LogP contribution in [-0.2, 0) is 6.42 Å². The van der Waals surface area contributed by atoms with Crippen LogP contribution in [0.4, 0.5) is 4.79 Å². The van der Waals surface area contributed by atoms with Crippen molar-refractivity contribution in [3.05, 3.63) is 35.5 Å². The smallest absolute Gasteiger partial charge is 0.317 e. The first-order chi connectivity index (χ1) is 11.1. The number of nitrogens with one attached hydrogen (secondary N) is 2. The number of aryl methyl sites for hydroxylation is 1. The van der Waals surface area contributed by atoms with Crippen molar-refractivity contribution < 1.29 is 9.90 Å². The highest BCUT2D eigenvalue weighted by molar-refractivity contribution is 5.84.